The first-order chi connectivity index (χ1) is 18.4. The average Bonchev–Trinajstić information content (AvgIpc) is 3.34. The van der Waals surface area contributed by atoms with Gasteiger partial charge in [0.2, 0.25) is 0 Å². The van der Waals surface area contributed by atoms with Crippen molar-refractivity contribution in [2.24, 2.45) is 0 Å². The standard InChI is InChI=1S/C27H23F6N3O2S/c1-2-3-4-5-6-15-11-12-39-22(15)25-35-23(18-13-16(26(28,29)30)7-9-20(18)37)34-24(36-25)19-14-17(27(31,32)33)8-10-21(19)38/h7-14,37-38H,2-6H2,1H3. The summed E-state index contributed by atoms with van der Waals surface area (Å²) in [6, 6.07) is 6.23. The van der Waals surface area contributed by atoms with E-state index in [1.807, 2.05) is 6.07 Å². The Bertz CT molecular complexity index is 1390. The lowest BCUT2D eigenvalue weighted by molar-refractivity contribution is -0.138. The summed E-state index contributed by atoms with van der Waals surface area (Å²) < 4.78 is 80.5. The first-order valence-corrected chi connectivity index (χ1v) is 12.9. The van der Waals surface area contributed by atoms with E-state index < -0.39 is 35.0 Å². The molecule has 12 heteroatoms. The third kappa shape index (κ3) is 6.49. The van der Waals surface area contributed by atoms with E-state index in [0.29, 0.717) is 35.6 Å². The number of thiophene rings is 1. The number of alkyl halides is 6. The van der Waals surface area contributed by atoms with Crippen LogP contribution in [0.25, 0.3) is 33.5 Å². The van der Waals surface area contributed by atoms with Crippen LogP contribution in [0.4, 0.5) is 26.3 Å². The lowest BCUT2D eigenvalue weighted by atomic mass is 10.1. The van der Waals surface area contributed by atoms with E-state index in [1.54, 1.807) is 5.38 Å². The monoisotopic (exact) mass is 567 g/mol. The van der Waals surface area contributed by atoms with Gasteiger partial charge in [0.25, 0.3) is 0 Å². The maximum absolute atomic E-state index is 13.4. The number of hydrogen-bond donors (Lipinski definition) is 2. The van der Waals surface area contributed by atoms with E-state index in [1.165, 1.54) is 11.3 Å². The van der Waals surface area contributed by atoms with Gasteiger partial charge < -0.3 is 10.2 Å². The fourth-order valence-electron chi connectivity index (χ4n) is 3.97. The number of aromatic hydroxyl groups is 2. The molecule has 0 saturated carbocycles. The van der Waals surface area contributed by atoms with Crippen molar-refractivity contribution in [1.29, 1.82) is 0 Å². The van der Waals surface area contributed by atoms with E-state index in [0.717, 1.165) is 43.4 Å². The molecule has 4 aromatic rings. The number of unbranched alkanes of at least 4 members (excludes halogenated alkanes) is 3. The van der Waals surface area contributed by atoms with Crippen molar-refractivity contribution < 1.29 is 36.6 Å². The molecule has 39 heavy (non-hydrogen) atoms. The van der Waals surface area contributed by atoms with Crippen LogP contribution in [0.1, 0.15) is 49.3 Å². The fourth-order valence-corrected chi connectivity index (χ4v) is 4.86. The lowest BCUT2D eigenvalue weighted by Gasteiger charge is -2.13. The number of hydrogen-bond acceptors (Lipinski definition) is 6. The molecular weight excluding hydrogens is 544 g/mol. The van der Waals surface area contributed by atoms with E-state index in [9.17, 15) is 36.6 Å². The molecular formula is C27H23F6N3O2S. The molecule has 2 aromatic carbocycles. The molecule has 0 atom stereocenters. The van der Waals surface area contributed by atoms with Gasteiger partial charge in [0, 0.05) is 0 Å². The number of halogens is 6. The molecule has 0 unspecified atom stereocenters. The van der Waals surface area contributed by atoms with Crippen molar-refractivity contribution in [3.63, 3.8) is 0 Å². The van der Waals surface area contributed by atoms with Gasteiger partial charge in [0.1, 0.15) is 11.5 Å². The third-order valence-electron chi connectivity index (χ3n) is 6.01. The molecule has 2 heterocycles. The minimum atomic E-state index is -4.74. The molecule has 0 aliphatic carbocycles. The minimum absolute atomic E-state index is 0.00381. The number of phenols is 2. The van der Waals surface area contributed by atoms with E-state index in [2.05, 4.69) is 21.9 Å². The van der Waals surface area contributed by atoms with Crippen LogP contribution in [0, 0.1) is 0 Å². The van der Waals surface area contributed by atoms with Gasteiger partial charge >= 0.3 is 12.4 Å². The van der Waals surface area contributed by atoms with Crippen molar-refractivity contribution in [3.8, 4) is 45.0 Å². The zero-order valence-corrected chi connectivity index (χ0v) is 21.4. The van der Waals surface area contributed by atoms with E-state index >= 15 is 0 Å². The molecule has 2 aromatic heterocycles. The molecule has 0 radical (unpaired) electrons. The van der Waals surface area contributed by atoms with Crippen LogP contribution in [0.3, 0.4) is 0 Å². The zero-order valence-electron chi connectivity index (χ0n) is 20.6. The Kier molecular flexibility index (Phi) is 8.15. The maximum Gasteiger partial charge on any atom is 0.416 e. The predicted octanol–water partition coefficient (Wildman–Crippen LogP) is 8.51. The van der Waals surface area contributed by atoms with Gasteiger partial charge in [-0.25, -0.2) is 15.0 Å². The molecule has 4 rings (SSSR count). The Labute approximate surface area is 223 Å². The lowest BCUT2D eigenvalue weighted by Crippen LogP contribution is -2.07. The number of phenolic OH excluding ortho intramolecular Hbond substituents is 2. The third-order valence-corrected chi connectivity index (χ3v) is 6.97. The number of aryl methyl sites for hydroxylation is 1. The van der Waals surface area contributed by atoms with E-state index in [-0.39, 0.29) is 28.6 Å². The SMILES string of the molecule is CCCCCCc1ccsc1-c1nc(-c2cc(C(F)(F)F)ccc2O)nc(-c2cc(C(F)(F)F)ccc2O)n1. The number of nitrogens with zero attached hydrogens (tertiary/aromatic N) is 3. The summed E-state index contributed by atoms with van der Waals surface area (Å²) in [5, 5.41) is 22.6. The highest BCUT2D eigenvalue weighted by atomic mass is 32.1. The van der Waals surface area contributed by atoms with Gasteiger partial charge in [0.05, 0.1) is 27.1 Å². The van der Waals surface area contributed by atoms with Crippen molar-refractivity contribution in [2.45, 2.75) is 51.4 Å². The summed E-state index contributed by atoms with van der Waals surface area (Å²) in [5.74, 6) is -1.90. The van der Waals surface area contributed by atoms with Gasteiger partial charge in [-0.05, 0) is 66.2 Å². The predicted molar refractivity (Wildman–Crippen MR) is 135 cm³/mol. The second kappa shape index (κ2) is 11.2. The van der Waals surface area contributed by atoms with E-state index in [4.69, 9.17) is 0 Å². The summed E-state index contributed by atoms with van der Waals surface area (Å²) in [6.45, 7) is 2.08. The molecule has 0 amide bonds. The summed E-state index contributed by atoms with van der Waals surface area (Å²) >= 11 is 1.26. The first-order valence-electron chi connectivity index (χ1n) is 12.0. The molecule has 0 aliphatic rings. The van der Waals surface area contributed by atoms with Crippen LogP contribution in [0.2, 0.25) is 0 Å². The zero-order chi connectivity index (χ0) is 28.4. The Morgan fingerprint density at radius 3 is 1.69 bits per heavy atom. The van der Waals surface area contributed by atoms with Gasteiger partial charge in [-0.1, -0.05) is 26.2 Å². The normalized spacial score (nSPS) is 12.2. The summed E-state index contributed by atoms with van der Waals surface area (Å²) in [4.78, 5) is 13.3. The van der Waals surface area contributed by atoms with Crippen LogP contribution < -0.4 is 0 Å². The van der Waals surface area contributed by atoms with Crippen LogP contribution >= 0.6 is 11.3 Å². The van der Waals surface area contributed by atoms with Gasteiger partial charge in [-0.3, -0.25) is 0 Å². The van der Waals surface area contributed by atoms with Crippen molar-refractivity contribution in [2.75, 3.05) is 0 Å². The Balaban J connectivity index is 1.92. The largest absolute Gasteiger partial charge is 0.507 e. The van der Waals surface area contributed by atoms with Crippen molar-refractivity contribution in [3.05, 3.63) is 64.5 Å². The first kappa shape index (κ1) is 28.3. The fraction of sp³-hybridized carbons (Fsp3) is 0.296. The van der Waals surface area contributed by atoms with Crippen LogP contribution in [0.15, 0.2) is 47.8 Å². The van der Waals surface area contributed by atoms with Gasteiger partial charge in [-0.15, -0.1) is 11.3 Å². The summed E-state index contributed by atoms with van der Waals surface area (Å²) in [7, 11) is 0. The number of rotatable bonds is 8. The molecule has 2 N–H and O–H groups in total. The topological polar surface area (TPSA) is 79.1 Å². The highest BCUT2D eigenvalue weighted by Crippen LogP contribution is 2.40. The molecule has 0 aliphatic heterocycles. The average molecular weight is 568 g/mol. The molecule has 0 bridgehead atoms. The van der Waals surface area contributed by atoms with Crippen LogP contribution in [-0.2, 0) is 18.8 Å². The molecule has 0 spiro atoms. The summed E-state index contributed by atoms with van der Waals surface area (Å²) in [5.41, 5.74) is -2.06. The molecule has 0 fully saturated rings. The Morgan fingerprint density at radius 2 is 1.21 bits per heavy atom. The Morgan fingerprint density at radius 1 is 0.692 bits per heavy atom. The molecule has 206 valence electrons. The second-order valence-electron chi connectivity index (χ2n) is 8.85. The molecule has 0 saturated heterocycles. The highest BCUT2D eigenvalue weighted by Gasteiger charge is 2.33. The van der Waals surface area contributed by atoms with Crippen LogP contribution in [0.5, 0.6) is 11.5 Å². The van der Waals surface area contributed by atoms with Gasteiger partial charge in [0.15, 0.2) is 17.5 Å². The number of benzene rings is 2. The minimum Gasteiger partial charge on any atom is -0.507 e. The summed E-state index contributed by atoms with van der Waals surface area (Å²) in [6.07, 6.45) is -4.87. The highest BCUT2D eigenvalue weighted by molar-refractivity contribution is 7.13. The second-order valence-corrected chi connectivity index (χ2v) is 9.77. The van der Waals surface area contributed by atoms with Crippen molar-refractivity contribution >= 4 is 11.3 Å². The van der Waals surface area contributed by atoms with Gasteiger partial charge in [-0.2, -0.15) is 26.3 Å². The van der Waals surface area contributed by atoms with Crippen molar-refractivity contribution in [1.82, 2.24) is 15.0 Å². The quantitative estimate of drug-likeness (QED) is 0.165. The maximum atomic E-state index is 13.4. The van der Waals surface area contributed by atoms with Crippen LogP contribution in [-0.4, -0.2) is 25.2 Å². The number of aromatic nitrogens is 3. The Hall–Kier alpha value is -3.67. The molecule has 5 nitrogen and oxygen atoms in total. The smallest absolute Gasteiger partial charge is 0.416 e.